The highest BCUT2D eigenvalue weighted by Gasteiger charge is 2.20. The molecule has 0 spiro atoms. The fraction of sp³-hybridized carbons (Fsp3) is 0.500. The lowest BCUT2D eigenvalue weighted by Gasteiger charge is -2.21. The Bertz CT molecular complexity index is 383. The monoisotopic (exact) mass is 247 g/mol. The molecule has 0 radical (unpaired) electrons. The maximum Gasteiger partial charge on any atom is 0.228 e. The first-order valence-corrected chi connectivity index (χ1v) is 6.60. The minimum absolute atomic E-state index is 0.0995. The Morgan fingerprint density at radius 1 is 1.39 bits per heavy atom. The van der Waals surface area contributed by atoms with Crippen LogP contribution in [-0.2, 0) is 11.2 Å². The maximum atomic E-state index is 12.0. The number of nitrogens with one attached hydrogen (secondary N) is 2. The number of anilines is 1. The van der Waals surface area contributed by atoms with Gasteiger partial charge in [0.1, 0.15) is 0 Å². The van der Waals surface area contributed by atoms with E-state index in [-0.39, 0.29) is 11.8 Å². The molecule has 1 amide bonds. The maximum absolute atomic E-state index is 12.0. The zero-order valence-corrected chi connectivity index (χ0v) is 10.6. The van der Waals surface area contributed by atoms with Crippen LogP contribution >= 0.6 is 0 Å². The Kier molecular flexibility index (Phi) is 4.73. The van der Waals surface area contributed by atoms with Crippen molar-refractivity contribution in [3.05, 3.63) is 29.8 Å². The number of hydrogen-bond acceptors (Lipinski definition) is 3. The van der Waals surface area contributed by atoms with Crippen molar-refractivity contribution in [2.45, 2.75) is 19.3 Å². The summed E-state index contributed by atoms with van der Waals surface area (Å²) in [6.07, 6.45) is 2.93. The summed E-state index contributed by atoms with van der Waals surface area (Å²) in [7, 11) is 0. The molecule has 4 nitrogen and oxygen atoms in total. The van der Waals surface area contributed by atoms with Crippen LogP contribution in [-0.4, -0.2) is 25.5 Å². The number of carbonyl (C=O) groups is 1. The number of rotatable bonds is 4. The largest absolute Gasteiger partial charge is 0.330 e. The topological polar surface area (TPSA) is 67.1 Å². The van der Waals surface area contributed by atoms with Gasteiger partial charge in [-0.1, -0.05) is 12.1 Å². The van der Waals surface area contributed by atoms with Crippen LogP contribution in [0.3, 0.4) is 0 Å². The summed E-state index contributed by atoms with van der Waals surface area (Å²) in [5.74, 6) is 0.219. The molecule has 1 aromatic carbocycles. The fourth-order valence-electron chi connectivity index (χ4n) is 2.24. The molecule has 1 saturated heterocycles. The first-order valence-electron chi connectivity index (χ1n) is 6.60. The van der Waals surface area contributed by atoms with Crippen molar-refractivity contribution in [2.24, 2.45) is 11.7 Å². The molecule has 4 heteroatoms. The molecule has 4 N–H and O–H groups in total. The van der Waals surface area contributed by atoms with E-state index in [1.807, 2.05) is 24.3 Å². The van der Waals surface area contributed by atoms with E-state index in [1.54, 1.807) is 0 Å². The summed E-state index contributed by atoms with van der Waals surface area (Å²) in [5.41, 5.74) is 7.57. The third-order valence-corrected chi connectivity index (χ3v) is 3.32. The van der Waals surface area contributed by atoms with Crippen LogP contribution in [0.4, 0.5) is 5.69 Å². The molecule has 0 aromatic heterocycles. The van der Waals surface area contributed by atoms with Gasteiger partial charge in [0.2, 0.25) is 5.91 Å². The zero-order valence-electron chi connectivity index (χ0n) is 10.6. The smallest absolute Gasteiger partial charge is 0.228 e. The number of benzene rings is 1. The first kappa shape index (κ1) is 13.1. The van der Waals surface area contributed by atoms with Crippen LogP contribution < -0.4 is 16.4 Å². The van der Waals surface area contributed by atoms with E-state index in [0.29, 0.717) is 6.54 Å². The molecule has 1 unspecified atom stereocenters. The second-order valence-corrected chi connectivity index (χ2v) is 4.77. The average Bonchev–Trinajstić information content (AvgIpc) is 2.42. The Morgan fingerprint density at radius 3 is 2.78 bits per heavy atom. The molecule has 1 aliphatic heterocycles. The minimum atomic E-state index is 0.0995. The number of hydrogen-bond donors (Lipinski definition) is 3. The third-order valence-electron chi connectivity index (χ3n) is 3.32. The van der Waals surface area contributed by atoms with Crippen LogP contribution in [0.15, 0.2) is 24.3 Å². The Morgan fingerprint density at radius 2 is 2.17 bits per heavy atom. The van der Waals surface area contributed by atoms with Crippen molar-refractivity contribution in [1.82, 2.24) is 5.32 Å². The van der Waals surface area contributed by atoms with Crippen molar-refractivity contribution in [3.63, 3.8) is 0 Å². The summed E-state index contributed by atoms with van der Waals surface area (Å²) < 4.78 is 0. The van der Waals surface area contributed by atoms with Crippen LogP contribution in [0.25, 0.3) is 0 Å². The number of nitrogens with two attached hydrogens (primary N) is 1. The lowest BCUT2D eigenvalue weighted by atomic mass is 9.99. The van der Waals surface area contributed by atoms with Crippen LogP contribution in [0.2, 0.25) is 0 Å². The average molecular weight is 247 g/mol. The van der Waals surface area contributed by atoms with E-state index in [4.69, 9.17) is 5.73 Å². The normalized spacial score (nSPS) is 19.5. The van der Waals surface area contributed by atoms with Crippen molar-refractivity contribution < 1.29 is 4.79 Å². The van der Waals surface area contributed by atoms with E-state index in [0.717, 1.165) is 38.0 Å². The highest BCUT2D eigenvalue weighted by atomic mass is 16.1. The van der Waals surface area contributed by atoms with E-state index >= 15 is 0 Å². The Balaban J connectivity index is 1.89. The molecule has 1 fully saturated rings. The summed E-state index contributed by atoms with van der Waals surface area (Å²) in [4.78, 5) is 12.0. The van der Waals surface area contributed by atoms with Gasteiger partial charge in [0, 0.05) is 12.2 Å². The second-order valence-electron chi connectivity index (χ2n) is 4.77. The predicted octanol–water partition coefficient (Wildman–Crippen LogP) is 1.13. The van der Waals surface area contributed by atoms with Gasteiger partial charge in [-0.25, -0.2) is 0 Å². The van der Waals surface area contributed by atoms with Gasteiger partial charge in [-0.2, -0.15) is 0 Å². The van der Waals surface area contributed by atoms with Gasteiger partial charge in [0.25, 0.3) is 0 Å². The number of piperidine rings is 1. The minimum Gasteiger partial charge on any atom is -0.330 e. The summed E-state index contributed by atoms with van der Waals surface area (Å²) in [5, 5.41) is 6.22. The highest BCUT2D eigenvalue weighted by molar-refractivity contribution is 5.92. The fourth-order valence-corrected chi connectivity index (χ4v) is 2.24. The molecule has 18 heavy (non-hydrogen) atoms. The number of amides is 1. The summed E-state index contributed by atoms with van der Waals surface area (Å²) in [6, 6.07) is 7.92. The third kappa shape index (κ3) is 3.55. The molecule has 0 saturated carbocycles. The van der Waals surface area contributed by atoms with E-state index in [2.05, 4.69) is 10.6 Å². The molecule has 1 heterocycles. The SMILES string of the molecule is NCCc1ccc(NC(=O)C2CCCNC2)cc1. The molecular weight excluding hydrogens is 226 g/mol. The highest BCUT2D eigenvalue weighted by Crippen LogP contribution is 2.15. The molecule has 0 bridgehead atoms. The van der Waals surface area contributed by atoms with Crippen molar-refractivity contribution in [1.29, 1.82) is 0 Å². The molecule has 98 valence electrons. The standard InChI is InChI=1S/C14H21N3O/c15-8-7-11-3-5-13(6-4-11)17-14(18)12-2-1-9-16-10-12/h3-6,12,16H,1-2,7-10,15H2,(H,17,18). The van der Waals surface area contributed by atoms with Gasteiger partial charge in [-0.05, 0) is 50.0 Å². The van der Waals surface area contributed by atoms with Crippen molar-refractivity contribution in [3.8, 4) is 0 Å². The van der Waals surface area contributed by atoms with Crippen molar-refractivity contribution >= 4 is 11.6 Å². The molecule has 1 aliphatic rings. The van der Waals surface area contributed by atoms with E-state index in [1.165, 1.54) is 5.56 Å². The summed E-state index contributed by atoms with van der Waals surface area (Å²) in [6.45, 7) is 2.47. The van der Waals surface area contributed by atoms with Gasteiger partial charge in [-0.3, -0.25) is 4.79 Å². The molecule has 1 aromatic rings. The lowest BCUT2D eigenvalue weighted by Crippen LogP contribution is -2.37. The van der Waals surface area contributed by atoms with Crippen molar-refractivity contribution in [2.75, 3.05) is 25.0 Å². The van der Waals surface area contributed by atoms with E-state index < -0.39 is 0 Å². The van der Waals surface area contributed by atoms with Gasteiger partial charge in [0.15, 0.2) is 0 Å². The predicted molar refractivity (Wildman–Crippen MR) is 73.4 cm³/mol. The van der Waals surface area contributed by atoms with Gasteiger partial charge < -0.3 is 16.4 Å². The van der Waals surface area contributed by atoms with Crippen LogP contribution in [0.5, 0.6) is 0 Å². The zero-order chi connectivity index (χ0) is 12.8. The Hall–Kier alpha value is -1.39. The van der Waals surface area contributed by atoms with Gasteiger partial charge >= 0.3 is 0 Å². The molecule has 0 aliphatic carbocycles. The molecule has 1 atom stereocenters. The van der Waals surface area contributed by atoms with Crippen LogP contribution in [0.1, 0.15) is 18.4 Å². The lowest BCUT2D eigenvalue weighted by molar-refractivity contribution is -0.120. The second kappa shape index (κ2) is 6.52. The molecule has 2 rings (SSSR count). The number of carbonyl (C=O) groups excluding carboxylic acids is 1. The van der Waals surface area contributed by atoms with E-state index in [9.17, 15) is 4.79 Å². The van der Waals surface area contributed by atoms with Crippen LogP contribution in [0, 0.1) is 5.92 Å². The van der Waals surface area contributed by atoms with Gasteiger partial charge in [0.05, 0.1) is 5.92 Å². The van der Waals surface area contributed by atoms with Gasteiger partial charge in [-0.15, -0.1) is 0 Å². The Labute approximate surface area is 108 Å². The molecular formula is C14H21N3O. The summed E-state index contributed by atoms with van der Waals surface area (Å²) >= 11 is 0. The quantitative estimate of drug-likeness (QED) is 0.747. The first-order chi connectivity index (χ1) is 8.79.